The van der Waals surface area contributed by atoms with E-state index in [1.807, 2.05) is 32.0 Å². The lowest BCUT2D eigenvalue weighted by atomic mass is 9.91. The van der Waals surface area contributed by atoms with Gasteiger partial charge in [-0.3, -0.25) is 4.84 Å². The minimum Gasteiger partial charge on any atom is -0.309 e. The summed E-state index contributed by atoms with van der Waals surface area (Å²) in [5.41, 5.74) is 0.934. The minimum atomic E-state index is -3.76. The third-order valence-corrected chi connectivity index (χ3v) is 6.09. The van der Waals surface area contributed by atoms with E-state index in [0.717, 1.165) is 5.56 Å². The number of nitrogens with zero attached hydrogens (tertiary/aromatic N) is 1. The van der Waals surface area contributed by atoms with Crippen LogP contribution in [0.5, 0.6) is 0 Å². The zero-order valence-corrected chi connectivity index (χ0v) is 17.9. The third-order valence-electron chi connectivity index (χ3n) is 4.15. The highest BCUT2D eigenvalue weighted by Crippen LogP contribution is 2.30. The summed E-state index contributed by atoms with van der Waals surface area (Å²) in [5.74, 6) is -0.0989. The Morgan fingerprint density at radius 2 is 1.74 bits per heavy atom. The number of benzene rings is 2. The highest BCUT2D eigenvalue weighted by molar-refractivity contribution is 7.89. The molecular weight excluding hydrogens is 407 g/mol. The first-order valence-electron chi connectivity index (χ1n) is 8.56. The van der Waals surface area contributed by atoms with Gasteiger partial charge in [0.25, 0.3) is 10.0 Å². The molecule has 2 aromatic carbocycles. The molecule has 0 aromatic heterocycles. The van der Waals surface area contributed by atoms with Crippen LogP contribution in [0.1, 0.15) is 24.8 Å². The van der Waals surface area contributed by atoms with E-state index < -0.39 is 10.0 Å². The predicted molar refractivity (Wildman–Crippen MR) is 110 cm³/mol. The minimum absolute atomic E-state index is 0.0989. The van der Waals surface area contributed by atoms with E-state index in [4.69, 9.17) is 28.0 Å². The van der Waals surface area contributed by atoms with Crippen LogP contribution in [0.15, 0.2) is 53.4 Å². The number of hydrogen-bond acceptors (Lipinski definition) is 4. The van der Waals surface area contributed by atoms with Gasteiger partial charge in [-0.05, 0) is 50.3 Å². The Morgan fingerprint density at radius 1 is 1.07 bits per heavy atom. The lowest BCUT2D eigenvalue weighted by Crippen LogP contribution is -2.36. The molecule has 0 aliphatic carbocycles. The van der Waals surface area contributed by atoms with E-state index in [-0.39, 0.29) is 16.9 Å². The average molecular weight is 431 g/mol. The molecule has 8 heteroatoms. The van der Waals surface area contributed by atoms with Crippen molar-refractivity contribution in [2.24, 2.45) is 0 Å². The molecule has 0 amide bonds. The first-order valence-corrected chi connectivity index (χ1v) is 10.8. The number of sulfonamides is 1. The second kappa shape index (κ2) is 9.87. The number of likely N-dealkylation sites (N-methyl/N-ethyl adjacent to an activating group) is 1. The van der Waals surface area contributed by atoms with Crippen LogP contribution in [0.4, 0.5) is 0 Å². The zero-order chi connectivity index (χ0) is 20.0. The van der Waals surface area contributed by atoms with Crippen molar-refractivity contribution in [3.05, 3.63) is 64.1 Å². The van der Waals surface area contributed by atoms with Crippen LogP contribution in [0.2, 0.25) is 10.0 Å². The van der Waals surface area contributed by atoms with Crippen LogP contribution in [-0.4, -0.2) is 40.1 Å². The molecule has 0 aliphatic rings. The second-order valence-electron chi connectivity index (χ2n) is 6.51. The second-order valence-corrected chi connectivity index (χ2v) is 8.97. The van der Waals surface area contributed by atoms with E-state index in [2.05, 4.69) is 4.89 Å². The molecule has 2 atom stereocenters. The number of hydrogen-bond donors (Lipinski definition) is 1. The van der Waals surface area contributed by atoms with Crippen LogP contribution >= 0.6 is 23.2 Å². The molecule has 2 rings (SSSR count). The molecule has 0 spiro atoms. The van der Waals surface area contributed by atoms with Gasteiger partial charge in [-0.15, -0.1) is 0 Å². The molecule has 2 unspecified atom stereocenters. The van der Waals surface area contributed by atoms with Gasteiger partial charge in [0.15, 0.2) is 0 Å². The van der Waals surface area contributed by atoms with Crippen molar-refractivity contribution >= 4 is 33.2 Å². The quantitative estimate of drug-likeness (QED) is 0.601. The Balaban J connectivity index is 2.23. The Bertz CT molecular complexity index is 845. The summed E-state index contributed by atoms with van der Waals surface area (Å²) in [6, 6.07) is 13.5. The molecule has 0 saturated heterocycles. The van der Waals surface area contributed by atoms with Gasteiger partial charge in [-0.2, -0.15) is 0 Å². The molecule has 0 radical (unpaired) electrons. The smallest absolute Gasteiger partial charge is 0.262 e. The molecule has 0 saturated carbocycles. The fourth-order valence-electron chi connectivity index (χ4n) is 2.80. The first-order chi connectivity index (χ1) is 12.7. The molecule has 5 nitrogen and oxygen atoms in total. The number of halogens is 2. The van der Waals surface area contributed by atoms with Crippen LogP contribution in [0, 0.1) is 0 Å². The fraction of sp³-hybridized carbons (Fsp3) is 0.368. The van der Waals surface area contributed by atoms with E-state index in [0.29, 0.717) is 23.0 Å². The highest BCUT2D eigenvalue weighted by atomic mass is 35.5. The topological polar surface area (TPSA) is 58.6 Å². The van der Waals surface area contributed by atoms with Gasteiger partial charge in [0.1, 0.15) is 0 Å². The Hall–Kier alpha value is -1.15. The van der Waals surface area contributed by atoms with Crippen LogP contribution in [0.25, 0.3) is 0 Å². The van der Waals surface area contributed by atoms with Crippen LogP contribution in [0.3, 0.4) is 0 Å². The lowest BCUT2D eigenvalue weighted by molar-refractivity contribution is -0.00630. The number of rotatable bonds is 9. The largest absolute Gasteiger partial charge is 0.309 e. The van der Waals surface area contributed by atoms with Crippen molar-refractivity contribution < 1.29 is 13.3 Å². The SMILES string of the molecule is CCC(ONS(=O)(=O)c1ccccc1)C(CN(C)C)c1ccc(Cl)c(Cl)c1. The van der Waals surface area contributed by atoms with E-state index >= 15 is 0 Å². The Kier molecular flexibility index (Phi) is 8.09. The standard InChI is InChI=1S/C19H24Cl2N2O3S/c1-4-19(26-22-27(24,25)15-8-6-5-7-9-15)16(13-23(2)3)14-10-11-17(20)18(21)12-14/h5-12,16,19,22H,4,13H2,1-3H3. The normalized spacial score (nSPS) is 14.3. The van der Waals surface area contributed by atoms with Crippen molar-refractivity contribution in [2.75, 3.05) is 20.6 Å². The molecule has 0 aliphatic heterocycles. The monoisotopic (exact) mass is 430 g/mol. The van der Waals surface area contributed by atoms with E-state index in [9.17, 15) is 8.42 Å². The van der Waals surface area contributed by atoms with Gasteiger partial charge in [-0.25, -0.2) is 8.42 Å². The maximum Gasteiger partial charge on any atom is 0.262 e. The van der Waals surface area contributed by atoms with Crippen molar-refractivity contribution in [3.63, 3.8) is 0 Å². The van der Waals surface area contributed by atoms with Crippen molar-refractivity contribution in [2.45, 2.75) is 30.3 Å². The van der Waals surface area contributed by atoms with Crippen LogP contribution in [-0.2, 0) is 14.9 Å². The summed E-state index contributed by atoms with van der Waals surface area (Å²) in [6.07, 6.45) is 0.221. The molecule has 148 valence electrons. The molecule has 2 aromatic rings. The van der Waals surface area contributed by atoms with Crippen LogP contribution < -0.4 is 4.89 Å². The summed E-state index contributed by atoms with van der Waals surface area (Å²) in [7, 11) is 0.142. The zero-order valence-electron chi connectivity index (χ0n) is 15.5. The Labute approximate surface area is 171 Å². The van der Waals surface area contributed by atoms with Gasteiger partial charge in [0.05, 0.1) is 21.0 Å². The molecular formula is C19H24Cl2N2O3S. The molecule has 27 heavy (non-hydrogen) atoms. The van der Waals surface area contributed by atoms with Crippen molar-refractivity contribution in [1.29, 1.82) is 0 Å². The fourth-order valence-corrected chi connectivity index (χ4v) is 3.97. The van der Waals surface area contributed by atoms with Crippen molar-refractivity contribution in [1.82, 2.24) is 9.79 Å². The van der Waals surface area contributed by atoms with Crippen molar-refractivity contribution in [3.8, 4) is 0 Å². The molecule has 1 N–H and O–H groups in total. The predicted octanol–water partition coefficient (Wildman–Crippen LogP) is 4.33. The summed E-state index contributed by atoms with van der Waals surface area (Å²) in [5, 5.41) is 0.931. The summed E-state index contributed by atoms with van der Waals surface area (Å²) < 4.78 is 24.9. The van der Waals surface area contributed by atoms with Gasteiger partial charge in [0.2, 0.25) is 0 Å². The van der Waals surface area contributed by atoms with Gasteiger partial charge < -0.3 is 4.90 Å². The molecule has 0 heterocycles. The van der Waals surface area contributed by atoms with E-state index in [1.165, 1.54) is 12.1 Å². The third kappa shape index (κ3) is 6.17. The van der Waals surface area contributed by atoms with E-state index in [1.54, 1.807) is 30.3 Å². The summed E-state index contributed by atoms with van der Waals surface area (Å²) >= 11 is 12.2. The highest BCUT2D eigenvalue weighted by Gasteiger charge is 2.26. The summed E-state index contributed by atoms with van der Waals surface area (Å²) in [4.78, 5) is 10.1. The van der Waals surface area contributed by atoms with Gasteiger partial charge in [-0.1, -0.05) is 59.3 Å². The average Bonchev–Trinajstić information content (AvgIpc) is 2.64. The summed E-state index contributed by atoms with van der Waals surface area (Å²) in [6.45, 7) is 2.60. The Morgan fingerprint density at radius 3 is 2.30 bits per heavy atom. The molecule has 0 bridgehead atoms. The number of nitrogens with one attached hydrogen (secondary N) is 1. The van der Waals surface area contributed by atoms with Gasteiger partial charge >= 0.3 is 0 Å². The maximum atomic E-state index is 12.4. The van der Waals surface area contributed by atoms with Gasteiger partial charge in [0, 0.05) is 12.5 Å². The lowest BCUT2D eigenvalue weighted by Gasteiger charge is -2.29. The molecule has 0 fully saturated rings. The first kappa shape index (κ1) is 22.1. The maximum absolute atomic E-state index is 12.4.